The van der Waals surface area contributed by atoms with Gasteiger partial charge in [-0.05, 0) is 60.4 Å². The Morgan fingerprint density at radius 3 is 2.37 bits per heavy atom. The molecule has 35 heavy (non-hydrogen) atoms. The first-order valence-corrected chi connectivity index (χ1v) is 11.3. The Morgan fingerprint density at radius 1 is 0.943 bits per heavy atom. The monoisotopic (exact) mass is 471 g/mol. The molecule has 1 aromatic heterocycles. The maximum Gasteiger partial charge on any atom is 0.282 e. The summed E-state index contributed by atoms with van der Waals surface area (Å²) in [6.45, 7) is 6.18. The summed E-state index contributed by atoms with van der Waals surface area (Å²) in [6, 6.07) is 16.7. The van der Waals surface area contributed by atoms with Crippen molar-refractivity contribution in [1.29, 1.82) is 0 Å². The third-order valence-electron chi connectivity index (χ3n) is 5.95. The highest BCUT2D eigenvalue weighted by Crippen LogP contribution is 2.34. The Balaban J connectivity index is 1.97. The number of fused-ring (bicyclic) bond motifs is 1. The van der Waals surface area contributed by atoms with Gasteiger partial charge in [-0.1, -0.05) is 26.0 Å². The summed E-state index contributed by atoms with van der Waals surface area (Å²) >= 11 is 0. The zero-order valence-corrected chi connectivity index (χ0v) is 20.8. The van der Waals surface area contributed by atoms with Crippen LogP contribution >= 0.6 is 0 Å². The maximum absolute atomic E-state index is 13.6. The molecular weight excluding hydrogens is 442 g/mol. The van der Waals surface area contributed by atoms with Gasteiger partial charge >= 0.3 is 0 Å². The molecule has 7 heteroatoms. The van der Waals surface area contributed by atoms with Gasteiger partial charge in [0, 0.05) is 17.2 Å². The van der Waals surface area contributed by atoms with Crippen LogP contribution in [0, 0.1) is 6.92 Å². The summed E-state index contributed by atoms with van der Waals surface area (Å²) in [7, 11) is 4.84. The molecule has 0 unspecified atom stereocenters. The third kappa shape index (κ3) is 4.62. The van der Waals surface area contributed by atoms with Crippen molar-refractivity contribution < 1.29 is 14.2 Å². The first-order chi connectivity index (χ1) is 16.9. The molecule has 0 aliphatic heterocycles. The largest absolute Gasteiger partial charge is 0.497 e. The van der Waals surface area contributed by atoms with E-state index in [2.05, 4.69) is 18.9 Å². The quantitative estimate of drug-likeness (QED) is 0.337. The standard InChI is InChI=1S/C28H29N3O4/c1-17(2)22-15-23(18(3)13-26(22)35-6)27-30-24-10-8-7-9-21(24)28(32)31(27)29-16-19-11-12-20(33-4)14-25(19)34-5/h7-17H,1-6H3. The number of aryl methyl sites for hydroxylation is 1. The first kappa shape index (κ1) is 24.0. The summed E-state index contributed by atoms with van der Waals surface area (Å²) in [5.41, 5.74) is 3.84. The molecule has 0 aliphatic carbocycles. The van der Waals surface area contributed by atoms with Crippen molar-refractivity contribution in [2.24, 2.45) is 5.10 Å². The molecule has 0 amide bonds. The van der Waals surface area contributed by atoms with Crippen LogP contribution in [-0.2, 0) is 0 Å². The first-order valence-electron chi connectivity index (χ1n) is 11.3. The highest BCUT2D eigenvalue weighted by atomic mass is 16.5. The van der Waals surface area contributed by atoms with Crippen LogP contribution in [-0.4, -0.2) is 37.2 Å². The van der Waals surface area contributed by atoms with E-state index in [1.165, 1.54) is 4.68 Å². The Hall–Kier alpha value is -4.13. The van der Waals surface area contributed by atoms with E-state index in [-0.39, 0.29) is 11.5 Å². The smallest absolute Gasteiger partial charge is 0.282 e. The summed E-state index contributed by atoms with van der Waals surface area (Å²) in [6.07, 6.45) is 1.60. The summed E-state index contributed by atoms with van der Waals surface area (Å²) in [4.78, 5) is 18.4. The molecule has 0 bridgehead atoms. The molecule has 0 aliphatic rings. The molecule has 3 aromatic carbocycles. The van der Waals surface area contributed by atoms with Crippen molar-refractivity contribution in [3.05, 3.63) is 81.6 Å². The maximum atomic E-state index is 13.6. The van der Waals surface area contributed by atoms with E-state index in [1.54, 1.807) is 39.7 Å². The van der Waals surface area contributed by atoms with Crippen LogP contribution < -0.4 is 19.8 Å². The molecule has 0 N–H and O–H groups in total. The van der Waals surface area contributed by atoms with Crippen LogP contribution in [0.5, 0.6) is 17.2 Å². The average Bonchev–Trinajstić information content (AvgIpc) is 2.87. The Morgan fingerprint density at radius 2 is 1.69 bits per heavy atom. The fourth-order valence-electron chi connectivity index (χ4n) is 4.02. The van der Waals surface area contributed by atoms with E-state index in [0.717, 1.165) is 22.4 Å². The van der Waals surface area contributed by atoms with Gasteiger partial charge in [0.1, 0.15) is 17.2 Å². The van der Waals surface area contributed by atoms with Gasteiger partial charge in [0.15, 0.2) is 5.82 Å². The Kier molecular flexibility index (Phi) is 6.87. The van der Waals surface area contributed by atoms with Crippen molar-refractivity contribution in [2.45, 2.75) is 26.7 Å². The van der Waals surface area contributed by atoms with E-state index in [1.807, 2.05) is 49.4 Å². The van der Waals surface area contributed by atoms with Gasteiger partial charge in [0.05, 0.1) is 38.4 Å². The second kappa shape index (κ2) is 10.0. The Bertz CT molecular complexity index is 1470. The molecule has 0 saturated carbocycles. The summed E-state index contributed by atoms with van der Waals surface area (Å²) in [5.74, 6) is 2.73. The van der Waals surface area contributed by atoms with Crippen molar-refractivity contribution in [2.75, 3.05) is 21.3 Å². The normalized spacial score (nSPS) is 11.4. The number of benzene rings is 3. The molecule has 0 spiro atoms. The number of methoxy groups -OCH3 is 3. The molecule has 7 nitrogen and oxygen atoms in total. The average molecular weight is 472 g/mol. The number of para-hydroxylation sites is 1. The van der Waals surface area contributed by atoms with Gasteiger partial charge in [0.25, 0.3) is 5.56 Å². The van der Waals surface area contributed by atoms with E-state index in [9.17, 15) is 4.79 Å². The minimum Gasteiger partial charge on any atom is -0.497 e. The SMILES string of the molecule is COc1ccc(C=Nn2c(-c3cc(C(C)C)c(OC)cc3C)nc3ccccc3c2=O)c(OC)c1. The molecule has 0 atom stereocenters. The number of ether oxygens (including phenoxy) is 3. The van der Waals surface area contributed by atoms with Gasteiger partial charge in [-0.2, -0.15) is 9.78 Å². The number of rotatable bonds is 7. The summed E-state index contributed by atoms with van der Waals surface area (Å²) in [5, 5.41) is 5.08. The van der Waals surface area contributed by atoms with Crippen molar-refractivity contribution in [3.8, 4) is 28.6 Å². The third-order valence-corrected chi connectivity index (χ3v) is 5.95. The second-order valence-corrected chi connectivity index (χ2v) is 8.49. The van der Waals surface area contributed by atoms with Crippen molar-refractivity contribution in [3.63, 3.8) is 0 Å². The van der Waals surface area contributed by atoms with Crippen LogP contribution in [0.4, 0.5) is 0 Å². The minimum absolute atomic E-state index is 0.219. The molecular formula is C28H29N3O4. The molecule has 0 saturated heterocycles. The fourth-order valence-corrected chi connectivity index (χ4v) is 4.02. The molecule has 1 heterocycles. The van der Waals surface area contributed by atoms with Crippen LogP contribution in [0.1, 0.15) is 36.5 Å². The van der Waals surface area contributed by atoms with Crippen LogP contribution in [0.3, 0.4) is 0 Å². The zero-order valence-electron chi connectivity index (χ0n) is 20.8. The van der Waals surface area contributed by atoms with Crippen LogP contribution in [0.25, 0.3) is 22.3 Å². The molecule has 4 rings (SSSR count). The minimum atomic E-state index is -0.254. The molecule has 0 radical (unpaired) electrons. The number of hydrogen-bond acceptors (Lipinski definition) is 6. The predicted molar refractivity (Wildman–Crippen MR) is 139 cm³/mol. The predicted octanol–water partition coefficient (Wildman–Crippen LogP) is 5.40. The molecule has 0 fully saturated rings. The number of nitrogens with zero attached hydrogens (tertiary/aromatic N) is 3. The summed E-state index contributed by atoms with van der Waals surface area (Å²) < 4.78 is 17.7. The van der Waals surface area contributed by atoms with E-state index >= 15 is 0 Å². The zero-order chi connectivity index (χ0) is 25.1. The van der Waals surface area contributed by atoms with Crippen LogP contribution in [0.2, 0.25) is 0 Å². The van der Waals surface area contributed by atoms with Crippen molar-refractivity contribution >= 4 is 17.1 Å². The van der Waals surface area contributed by atoms with E-state index in [4.69, 9.17) is 19.2 Å². The molecule has 180 valence electrons. The van der Waals surface area contributed by atoms with Gasteiger partial charge < -0.3 is 14.2 Å². The van der Waals surface area contributed by atoms with Gasteiger partial charge in [-0.3, -0.25) is 4.79 Å². The number of aromatic nitrogens is 2. The van der Waals surface area contributed by atoms with Gasteiger partial charge in [0.2, 0.25) is 0 Å². The van der Waals surface area contributed by atoms with Crippen molar-refractivity contribution in [1.82, 2.24) is 9.66 Å². The number of hydrogen-bond donors (Lipinski definition) is 0. The molecule has 4 aromatic rings. The topological polar surface area (TPSA) is 74.9 Å². The van der Waals surface area contributed by atoms with E-state index in [0.29, 0.717) is 33.8 Å². The lowest BCUT2D eigenvalue weighted by molar-refractivity contribution is 0.394. The lowest BCUT2D eigenvalue weighted by Gasteiger charge is -2.17. The highest BCUT2D eigenvalue weighted by Gasteiger charge is 2.18. The highest BCUT2D eigenvalue weighted by molar-refractivity contribution is 5.85. The lowest BCUT2D eigenvalue weighted by Crippen LogP contribution is -2.21. The van der Waals surface area contributed by atoms with Gasteiger partial charge in [-0.25, -0.2) is 4.98 Å². The van der Waals surface area contributed by atoms with Crippen LogP contribution in [0.15, 0.2) is 64.5 Å². The van der Waals surface area contributed by atoms with E-state index < -0.39 is 0 Å². The second-order valence-electron chi connectivity index (χ2n) is 8.49. The fraction of sp³-hybridized carbons (Fsp3) is 0.250. The lowest BCUT2D eigenvalue weighted by atomic mass is 9.96. The van der Waals surface area contributed by atoms with Gasteiger partial charge in [-0.15, -0.1) is 0 Å². The Labute approximate surface area is 204 Å².